The van der Waals surface area contributed by atoms with Gasteiger partial charge in [-0.25, -0.2) is 4.39 Å². The van der Waals surface area contributed by atoms with Gasteiger partial charge in [0, 0.05) is 37.0 Å². The predicted octanol–water partition coefficient (Wildman–Crippen LogP) is 5.86. The molecule has 0 radical (unpaired) electrons. The first-order chi connectivity index (χ1) is 17.9. The Morgan fingerprint density at radius 3 is 2.62 bits per heavy atom. The molecular weight excluding hydrogens is 469 g/mol. The standard InChI is InChI=1S/C30H34FN3O3/c1-5-22-10-9-21(16-26(22)31)18-33-30(35)28-25-12-11-24(37-15-14-36-4)17-27(25)34(29(28)20(2)3)19-23-8-6-7-13-32-23/h6-13,16-17,20H,5,14-15,18-19H2,1-4H3,(H,33,35). The summed E-state index contributed by atoms with van der Waals surface area (Å²) in [4.78, 5) is 18.2. The molecule has 6 nitrogen and oxygen atoms in total. The van der Waals surface area contributed by atoms with Crippen molar-refractivity contribution < 1.29 is 18.7 Å². The van der Waals surface area contributed by atoms with Gasteiger partial charge in [0.2, 0.25) is 0 Å². The number of carbonyl (C=O) groups excluding carboxylic acids is 1. The summed E-state index contributed by atoms with van der Waals surface area (Å²) in [6.07, 6.45) is 2.40. The van der Waals surface area contributed by atoms with Crippen molar-refractivity contribution in [2.24, 2.45) is 0 Å². The Morgan fingerprint density at radius 1 is 1.11 bits per heavy atom. The van der Waals surface area contributed by atoms with Gasteiger partial charge in [-0.05, 0) is 53.8 Å². The first-order valence-corrected chi connectivity index (χ1v) is 12.7. The van der Waals surface area contributed by atoms with Gasteiger partial charge in [-0.1, -0.05) is 39.0 Å². The first kappa shape index (κ1) is 26.4. The maximum absolute atomic E-state index is 14.3. The van der Waals surface area contributed by atoms with Crippen LogP contribution in [0.1, 0.15) is 59.6 Å². The van der Waals surface area contributed by atoms with Crippen LogP contribution in [0.25, 0.3) is 10.9 Å². The van der Waals surface area contributed by atoms with Crippen molar-refractivity contribution in [1.82, 2.24) is 14.9 Å². The molecule has 1 amide bonds. The van der Waals surface area contributed by atoms with Crippen molar-refractivity contribution in [3.63, 3.8) is 0 Å². The fourth-order valence-corrected chi connectivity index (χ4v) is 4.60. The molecule has 2 aromatic carbocycles. The van der Waals surface area contributed by atoms with Crippen LogP contribution in [-0.2, 0) is 24.2 Å². The summed E-state index contributed by atoms with van der Waals surface area (Å²) >= 11 is 0. The highest BCUT2D eigenvalue weighted by atomic mass is 19.1. The van der Waals surface area contributed by atoms with Crippen LogP contribution >= 0.6 is 0 Å². The lowest BCUT2D eigenvalue weighted by atomic mass is 10.0. The minimum Gasteiger partial charge on any atom is -0.491 e. The number of hydrogen-bond donors (Lipinski definition) is 1. The maximum Gasteiger partial charge on any atom is 0.254 e. The minimum absolute atomic E-state index is 0.0657. The Bertz CT molecular complexity index is 1370. The van der Waals surface area contributed by atoms with Crippen molar-refractivity contribution >= 4 is 16.8 Å². The van der Waals surface area contributed by atoms with Gasteiger partial charge in [-0.3, -0.25) is 9.78 Å². The second kappa shape index (κ2) is 12.0. The van der Waals surface area contributed by atoms with Gasteiger partial charge >= 0.3 is 0 Å². The molecule has 0 aliphatic heterocycles. The van der Waals surface area contributed by atoms with Crippen LogP contribution in [0.2, 0.25) is 0 Å². The predicted molar refractivity (Wildman–Crippen MR) is 144 cm³/mol. The van der Waals surface area contributed by atoms with Crippen LogP contribution in [-0.4, -0.2) is 35.8 Å². The molecule has 2 aromatic heterocycles. The Kier molecular flexibility index (Phi) is 8.56. The van der Waals surface area contributed by atoms with Crippen LogP contribution in [0.15, 0.2) is 60.8 Å². The SMILES string of the molecule is CCc1ccc(CNC(=O)c2c(C(C)C)n(Cc3ccccn3)c3cc(OCCOC)ccc23)cc1F. The molecular formula is C30H34FN3O3. The summed E-state index contributed by atoms with van der Waals surface area (Å²) in [6, 6.07) is 16.7. The highest BCUT2D eigenvalue weighted by Gasteiger charge is 2.25. The molecule has 0 saturated heterocycles. The lowest BCUT2D eigenvalue weighted by Gasteiger charge is -2.15. The largest absolute Gasteiger partial charge is 0.491 e. The molecule has 0 fully saturated rings. The number of fused-ring (bicyclic) bond motifs is 1. The fourth-order valence-electron chi connectivity index (χ4n) is 4.60. The molecule has 0 aliphatic carbocycles. The second-order valence-electron chi connectivity index (χ2n) is 9.30. The van der Waals surface area contributed by atoms with Crippen LogP contribution in [0.4, 0.5) is 4.39 Å². The lowest BCUT2D eigenvalue weighted by Crippen LogP contribution is -2.24. The van der Waals surface area contributed by atoms with E-state index < -0.39 is 0 Å². The zero-order valence-corrected chi connectivity index (χ0v) is 21.9. The molecule has 2 heterocycles. The van der Waals surface area contributed by atoms with Gasteiger partial charge in [0.15, 0.2) is 0 Å². The molecule has 0 spiro atoms. The van der Waals surface area contributed by atoms with Crippen molar-refractivity contribution in [3.8, 4) is 5.75 Å². The summed E-state index contributed by atoms with van der Waals surface area (Å²) in [5.74, 6) is 0.334. The summed E-state index contributed by atoms with van der Waals surface area (Å²) in [5.41, 5.74) is 4.71. The van der Waals surface area contributed by atoms with Crippen LogP contribution in [0.5, 0.6) is 5.75 Å². The quantitative estimate of drug-likeness (QED) is 0.260. The Labute approximate surface area is 217 Å². The number of ether oxygens (including phenoxy) is 2. The molecule has 0 aliphatic rings. The van der Waals surface area contributed by atoms with Crippen molar-refractivity contribution in [1.29, 1.82) is 0 Å². The van der Waals surface area contributed by atoms with E-state index in [4.69, 9.17) is 9.47 Å². The van der Waals surface area contributed by atoms with E-state index in [1.165, 1.54) is 6.07 Å². The molecule has 0 atom stereocenters. The number of nitrogens with one attached hydrogen (secondary N) is 1. The molecule has 4 aromatic rings. The van der Waals surface area contributed by atoms with E-state index in [1.807, 2.05) is 49.4 Å². The average Bonchev–Trinajstić information content (AvgIpc) is 3.22. The number of nitrogens with zero attached hydrogens (tertiary/aromatic N) is 2. The van der Waals surface area contributed by atoms with Gasteiger partial charge < -0.3 is 19.4 Å². The van der Waals surface area contributed by atoms with E-state index in [9.17, 15) is 9.18 Å². The van der Waals surface area contributed by atoms with E-state index in [1.54, 1.807) is 19.4 Å². The Morgan fingerprint density at radius 2 is 1.95 bits per heavy atom. The molecule has 0 unspecified atom stereocenters. The normalized spacial score (nSPS) is 11.3. The van der Waals surface area contributed by atoms with Gasteiger partial charge in [0.1, 0.15) is 18.2 Å². The van der Waals surface area contributed by atoms with Crippen molar-refractivity contribution in [2.75, 3.05) is 20.3 Å². The maximum atomic E-state index is 14.3. The smallest absolute Gasteiger partial charge is 0.254 e. The molecule has 7 heteroatoms. The molecule has 1 N–H and O–H groups in total. The fraction of sp³-hybridized carbons (Fsp3) is 0.333. The van der Waals surface area contributed by atoms with Crippen molar-refractivity contribution in [3.05, 3.63) is 94.7 Å². The van der Waals surface area contributed by atoms with E-state index in [0.29, 0.717) is 43.1 Å². The highest BCUT2D eigenvalue weighted by Crippen LogP contribution is 2.34. The van der Waals surface area contributed by atoms with Crippen molar-refractivity contribution in [2.45, 2.75) is 46.2 Å². The third-order valence-electron chi connectivity index (χ3n) is 6.40. The first-order valence-electron chi connectivity index (χ1n) is 12.7. The summed E-state index contributed by atoms with van der Waals surface area (Å²) in [5, 5.41) is 3.86. The minimum atomic E-state index is -0.245. The third kappa shape index (κ3) is 6.00. The zero-order valence-electron chi connectivity index (χ0n) is 21.9. The monoisotopic (exact) mass is 503 g/mol. The molecule has 4 rings (SSSR count). The molecule has 37 heavy (non-hydrogen) atoms. The number of rotatable bonds is 11. The van der Waals surface area contributed by atoms with E-state index >= 15 is 0 Å². The summed E-state index contributed by atoms with van der Waals surface area (Å²) < 4.78 is 27.4. The van der Waals surface area contributed by atoms with Crippen LogP contribution in [0.3, 0.4) is 0 Å². The number of carbonyl (C=O) groups is 1. The topological polar surface area (TPSA) is 65.4 Å². The summed E-state index contributed by atoms with van der Waals surface area (Å²) in [7, 11) is 1.64. The van der Waals surface area contributed by atoms with Gasteiger partial charge in [0.25, 0.3) is 5.91 Å². The van der Waals surface area contributed by atoms with E-state index in [2.05, 4.69) is 28.7 Å². The van der Waals surface area contributed by atoms with E-state index in [0.717, 1.165) is 27.9 Å². The average molecular weight is 504 g/mol. The number of aryl methyl sites for hydroxylation is 1. The third-order valence-corrected chi connectivity index (χ3v) is 6.40. The Hall–Kier alpha value is -3.71. The number of methoxy groups -OCH3 is 1. The van der Waals surface area contributed by atoms with Gasteiger partial charge in [-0.2, -0.15) is 0 Å². The number of aromatic nitrogens is 2. The van der Waals surface area contributed by atoms with Crippen LogP contribution in [0, 0.1) is 5.82 Å². The number of benzene rings is 2. The zero-order chi connectivity index (χ0) is 26.4. The number of amides is 1. The summed E-state index contributed by atoms with van der Waals surface area (Å²) in [6.45, 7) is 7.75. The van der Waals surface area contributed by atoms with Gasteiger partial charge in [-0.15, -0.1) is 0 Å². The van der Waals surface area contributed by atoms with Crippen LogP contribution < -0.4 is 10.1 Å². The highest BCUT2D eigenvalue weighted by molar-refractivity contribution is 6.09. The second-order valence-corrected chi connectivity index (χ2v) is 9.30. The number of hydrogen-bond acceptors (Lipinski definition) is 4. The molecule has 0 bridgehead atoms. The number of halogens is 1. The van der Waals surface area contributed by atoms with E-state index in [-0.39, 0.29) is 24.2 Å². The Balaban J connectivity index is 1.74. The van der Waals surface area contributed by atoms with Gasteiger partial charge in [0.05, 0.1) is 29.9 Å². The lowest BCUT2D eigenvalue weighted by molar-refractivity contribution is 0.0951. The molecule has 0 saturated carbocycles. The molecule has 194 valence electrons. The number of pyridine rings is 1.